The van der Waals surface area contributed by atoms with Crippen molar-refractivity contribution in [3.8, 4) is 0 Å². The third-order valence-electron chi connectivity index (χ3n) is 3.10. The summed E-state index contributed by atoms with van der Waals surface area (Å²) < 4.78 is 40.5. The Morgan fingerprint density at radius 1 is 1.05 bits per heavy atom. The molecule has 0 radical (unpaired) electrons. The zero-order valence-corrected chi connectivity index (χ0v) is 10.5. The standard InChI is InChI=1S/C14H14F3N3/c15-8-4-5-13(18)10(6-8)14(20-19)7-9-11(16)2-1-3-12(9)17/h1-6,14,20H,7,18-19H2. The fourth-order valence-corrected chi connectivity index (χ4v) is 2.04. The lowest BCUT2D eigenvalue weighted by molar-refractivity contribution is 0.498. The lowest BCUT2D eigenvalue weighted by Crippen LogP contribution is -2.30. The van der Waals surface area contributed by atoms with Gasteiger partial charge in [0.25, 0.3) is 0 Å². The first-order valence-corrected chi connectivity index (χ1v) is 5.97. The molecule has 0 spiro atoms. The molecule has 0 heterocycles. The molecule has 5 N–H and O–H groups in total. The smallest absolute Gasteiger partial charge is 0.129 e. The van der Waals surface area contributed by atoms with Crippen molar-refractivity contribution in [2.75, 3.05) is 5.73 Å². The Bertz CT molecular complexity index is 596. The summed E-state index contributed by atoms with van der Waals surface area (Å²) in [5, 5.41) is 0. The van der Waals surface area contributed by atoms with Crippen molar-refractivity contribution in [1.29, 1.82) is 0 Å². The molecule has 0 saturated carbocycles. The van der Waals surface area contributed by atoms with Crippen molar-refractivity contribution in [1.82, 2.24) is 5.43 Å². The fraction of sp³-hybridized carbons (Fsp3) is 0.143. The first kappa shape index (κ1) is 14.4. The van der Waals surface area contributed by atoms with Crippen molar-refractivity contribution < 1.29 is 13.2 Å². The maximum Gasteiger partial charge on any atom is 0.129 e. The average Bonchev–Trinajstić information content (AvgIpc) is 2.42. The molecule has 0 bridgehead atoms. The van der Waals surface area contributed by atoms with Gasteiger partial charge in [0.1, 0.15) is 17.5 Å². The maximum atomic E-state index is 13.6. The summed E-state index contributed by atoms with van der Waals surface area (Å²) in [6.07, 6.45) is -0.0807. The Morgan fingerprint density at radius 3 is 2.30 bits per heavy atom. The Morgan fingerprint density at radius 2 is 1.70 bits per heavy atom. The van der Waals surface area contributed by atoms with E-state index >= 15 is 0 Å². The van der Waals surface area contributed by atoms with Crippen LogP contribution < -0.4 is 17.0 Å². The van der Waals surface area contributed by atoms with Gasteiger partial charge in [-0.25, -0.2) is 13.2 Å². The van der Waals surface area contributed by atoms with Crippen LogP contribution in [0.5, 0.6) is 0 Å². The van der Waals surface area contributed by atoms with Gasteiger partial charge in [-0.1, -0.05) is 6.07 Å². The number of nitrogen functional groups attached to an aromatic ring is 1. The third-order valence-corrected chi connectivity index (χ3v) is 3.10. The molecule has 2 aromatic rings. The molecule has 0 aliphatic heterocycles. The molecule has 0 saturated heterocycles. The molecule has 6 heteroatoms. The quantitative estimate of drug-likeness (QED) is 0.458. The van der Waals surface area contributed by atoms with Gasteiger partial charge in [-0.15, -0.1) is 0 Å². The highest BCUT2D eigenvalue weighted by molar-refractivity contribution is 5.49. The normalized spacial score (nSPS) is 12.4. The molecule has 106 valence electrons. The van der Waals surface area contributed by atoms with Gasteiger partial charge < -0.3 is 5.73 Å². The van der Waals surface area contributed by atoms with Crippen molar-refractivity contribution >= 4 is 5.69 Å². The first-order chi connectivity index (χ1) is 9.52. The van der Waals surface area contributed by atoms with Crippen LogP contribution >= 0.6 is 0 Å². The lowest BCUT2D eigenvalue weighted by Gasteiger charge is -2.19. The minimum Gasteiger partial charge on any atom is -0.398 e. The van der Waals surface area contributed by atoms with Crippen LogP contribution in [0.1, 0.15) is 17.2 Å². The Hall–Kier alpha value is -2.05. The molecule has 20 heavy (non-hydrogen) atoms. The highest BCUT2D eigenvalue weighted by Crippen LogP contribution is 2.26. The Balaban J connectivity index is 2.36. The fourth-order valence-electron chi connectivity index (χ4n) is 2.04. The number of nitrogens with one attached hydrogen (secondary N) is 1. The molecule has 0 fully saturated rings. The number of benzene rings is 2. The van der Waals surface area contributed by atoms with E-state index in [2.05, 4.69) is 5.43 Å². The summed E-state index contributed by atoms with van der Waals surface area (Å²) in [6.45, 7) is 0. The first-order valence-electron chi connectivity index (χ1n) is 5.97. The average molecular weight is 281 g/mol. The van der Waals surface area contributed by atoms with Gasteiger partial charge in [-0.2, -0.15) is 0 Å². The van der Waals surface area contributed by atoms with E-state index in [1.165, 1.54) is 24.3 Å². The van der Waals surface area contributed by atoms with Crippen LogP contribution in [0.15, 0.2) is 36.4 Å². The van der Waals surface area contributed by atoms with Crippen LogP contribution in [0.4, 0.5) is 18.9 Å². The molecule has 0 aliphatic carbocycles. The van der Waals surface area contributed by atoms with Crippen LogP contribution in [-0.4, -0.2) is 0 Å². The highest BCUT2D eigenvalue weighted by Gasteiger charge is 2.18. The lowest BCUT2D eigenvalue weighted by atomic mass is 9.97. The van der Waals surface area contributed by atoms with E-state index in [9.17, 15) is 13.2 Å². The summed E-state index contributed by atoms with van der Waals surface area (Å²) in [5.74, 6) is 3.54. The van der Waals surface area contributed by atoms with E-state index in [1.807, 2.05) is 0 Å². The van der Waals surface area contributed by atoms with E-state index in [4.69, 9.17) is 11.6 Å². The van der Waals surface area contributed by atoms with Crippen LogP contribution in [0.25, 0.3) is 0 Å². The van der Waals surface area contributed by atoms with Gasteiger partial charge in [0, 0.05) is 11.3 Å². The maximum absolute atomic E-state index is 13.6. The Kier molecular flexibility index (Phi) is 4.26. The van der Waals surface area contributed by atoms with Gasteiger partial charge in [0.05, 0.1) is 6.04 Å². The number of anilines is 1. The van der Waals surface area contributed by atoms with Gasteiger partial charge in [0.2, 0.25) is 0 Å². The molecular formula is C14H14F3N3. The third kappa shape index (κ3) is 2.92. The van der Waals surface area contributed by atoms with Gasteiger partial charge in [0.15, 0.2) is 0 Å². The van der Waals surface area contributed by atoms with Crippen molar-refractivity contribution in [3.63, 3.8) is 0 Å². The van der Waals surface area contributed by atoms with E-state index in [0.717, 1.165) is 12.1 Å². The Labute approximate surface area is 114 Å². The van der Waals surface area contributed by atoms with E-state index in [-0.39, 0.29) is 12.0 Å². The van der Waals surface area contributed by atoms with E-state index in [0.29, 0.717) is 11.3 Å². The molecule has 0 aromatic heterocycles. The van der Waals surface area contributed by atoms with E-state index < -0.39 is 23.5 Å². The van der Waals surface area contributed by atoms with Crippen LogP contribution in [0.2, 0.25) is 0 Å². The molecule has 1 unspecified atom stereocenters. The second-order valence-electron chi connectivity index (χ2n) is 4.40. The second-order valence-corrected chi connectivity index (χ2v) is 4.40. The summed E-state index contributed by atoms with van der Waals surface area (Å²) in [6, 6.07) is 6.66. The van der Waals surface area contributed by atoms with Gasteiger partial charge >= 0.3 is 0 Å². The number of halogens is 3. The van der Waals surface area contributed by atoms with Crippen LogP contribution in [0, 0.1) is 17.5 Å². The number of hydrazine groups is 1. The highest BCUT2D eigenvalue weighted by atomic mass is 19.1. The molecule has 0 amide bonds. The molecule has 1 atom stereocenters. The van der Waals surface area contributed by atoms with Crippen molar-refractivity contribution in [2.45, 2.75) is 12.5 Å². The molecular weight excluding hydrogens is 267 g/mol. The largest absolute Gasteiger partial charge is 0.398 e. The summed E-state index contributed by atoms with van der Waals surface area (Å²) in [5.41, 5.74) is 8.68. The van der Waals surface area contributed by atoms with Crippen molar-refractivity contribution in [2.24, 2.45) is 5.84 Å². The zero-order chi connectivity index (χ0) is 14.7. The van der Waals surface area contributed by atoms with Gasteiger partial charge in [-0.05, 0) is 42.3 Å². The van der Waals surface area contributed by atoms with Crippen LogP contribution in [0.3, 0.4) is 0 Å². The van der Waals surface area contributed by atoms with E-state index in [1.54, 1.807) is 0 Å². The minimum absolute atomic E-state index is 0.0807. The summed E-state index contributed by atoms with van der Waals surface area (Å²) in [7, 11) is 0. The predicted molar refractivity (Wildman–Crippen MR) is 70.9 cm³/mol. The monoisotopic (exact) mass is 281 g/mol. The summed E-state index contributed by atoms with van der Waals surface area (Å²) in [4.78, 5) is 0. The molecule has 2 rings (SSSR count). The minimum atomic E-state index is -0.697. The SMILES string of the molecule is NNC(Cc1c(F)cccc1F)c1cc(F)ccc1N. The predicted octanol–water partition coefficient (Wildman–Crippen LogP) is 2.43. The zero-order valence-electron chi connectivity index (χ0n) is 10.5. The van der Waals surface area contributed by atoms with Crippen molar-refractivity contribution in [3.05, 3.63) is 65.0 Å². The van der Waals surface area contributed by atoms with Gasteiger partial charge in [-0.3, -0.25) is 11.3 Å². The number of rotatable bonds is 4. The number of hydrogen-bond donors (Lipinski definition) is 3. The molecule has 0 aliphatic rings. The summed E-state index contributed by atoms with van der Waals surface area (Å²) >= 11 is 0. The second kappa shape index (κ2) is 5.94. The number of nitrogens with two attached hydrogens (primary N) is 2. The topological polar surface area (TPSA) is 64.1 Å². The van der Waals surface area contributed by atoms with Crippen LogP contribution in [-0.2, 0) is 6.42 Å². The molecule has 2 aromatic carbocycles. The number of hydrogen-bond acceptors (Lipinski definition) is 3. The molecule has 3 nitrogen and oxygen atoms in total.